The Morgan fingerprint density at radius 3 is 2.86 bits per heavy atom. The Bertz CT molecular complexity index is 763. The number of carbonyl (C=O) groups excluding carboxylic acids is 1. The first-order valence-corrected chi connectivity index (χ1v) is 6.90. The molecular formula is C15H15N5O2. The van der Waals surface area contributed by atoms with Crippen LogP contribution in [0.1, 0.15) is 21.9 Å². The molecule has 0 atom stereocenters. The van der Waals surface area contributed by atoms with Crippen LogP contribution in [0.15, 0.2) is 47.1 Å². The van der Waals surface area contributed by atoms with Crippen LogP contribution in [0.2, 0.25) is 0 Å². The van der Waals surface area contributed by atoms with Gasteiger partial charge >= 0.3 is 0 Å². The summed E-state index contributed by atoms with van der Waals surface area (Å²) in [6.07, 6.45) is 2.03. The molecule has 0 radical (unpaired) electrons. The third-order valence-electron chi connectivity index (χ3n) is 3.05. The molecule has 0 aliphatic rings. The smallest absolute Gasteiger partial charge is 0.273 e. The second-order valence-electron chi connectivity index (χ2n) is 4.80. The predicted octanol–water partition coefficient (Wildman–Crippen LogP) is 1.54. The highest BCUT2D eigenvalue weighted by molar-refractivity contribution is 5.91. The van der Waals surface area contributed by atoms with Gasteiger partial charge in [-0.15, -0.1) is 5.10 Å². The Balaban J connectivity index is 1.58. The van der Waals surface area contributed by atoms with Crippen molar-refractivity contribution < 1.29 is 9.32 Å². The van der Waals surface area contributed by atoms with Crippen molar-refractivity contribution in [3.8, 4) is 5.69 Å². The molecule has 7 heteroatoms. The highest BCUT2D eigenvalue weighted by Gasteiger charge is 2.11. The highest BCUT2D eigenvalue weighted by atomic mass is 16.5. The van der Waals surface area contributed by atoms with Gasteiger partial charge in [0, 0.05) is 19.0 Å². The van der Waals surface area contributed by atoms with Gasteiger partial charge < -0.3 is 9.84 Å². The van der Waals surface area contributed by atoms with E-state index in [1.165, 1.54) is 11.0 Å². The molecule has 0 saturated carbocycles. The first-order chi connectivity index (χ1) is 10.7. The number of hydrogen-bond acceptors (Lipinski definition) is 5. The van der Waals surface area contributed by atoms with E-state index in [1.54, 1.807) is 0 Å². The maximum Gasteiger partial charge on any atom is 0.273 e. The molecule has 22 heavy (non-hydrogen) atoms. The van der Waals surface area contributed by atoms with E-state index in [2.05, 4.69) is 20.7 Å². The van der Waals surface area contributed by atoms with Gasteiger partial charge in [-0.1, -0.05) is 23.4 Å². The first-order valence-electron chi connectivity index (χ1n) is 6.90. The molecule has 0 saturated heterocycles. The summed E-state index contributed by atoms with van der Waals surface area (Å²) >= 11 is 0. The molecule has 1 amide bonds. The topological polar surface area (TPSA) is 85.8 Å². The number of amides is 1. The zero-order valence-corrected chi connectivity index (χ0v) is 12.1. The number of hydrogen-bond donors (Lipinski definition) is 1. The lowest BCUT2D eigenvalue weighted by atomic mass is 10.3. The van der Waals surface area contributed by atoms with E-state index in [9.17, 15) is 4.79 Å². The summed E-state index contributed by atoms with van der Waals surface area (Å²) in [7, 11) is 0. The fourth-order valence-corrected chi connectivity index (χ4v) is 1.98. The Kier molecular flexibility index (Phi) is 3.95. The summed E-state index contributed by atoms with van der Waals surface area (Å²) in [5.41, 5.74) is 1.91. The molecule has 1 aromatic carbocycles. The van der Waals surface area contributed by atoms with Gasteiger partial charge in [-0.3, -0.25) is 4.79 Å². The summed E-state index contributed by atoms with van der Waals surface area (Å²) in [6, 6.07) is 11.3. The second-order valence-corrected chi connectivity index (χ2v) is 4.80. The van der Waals surface area contributed by atoms with Crippen LogP contribution in [0.25, 0.3) is 5.69 Å². The standard InChI is InChI=1S/C15H15N5O2/c1-11-9-13(22-19-11)7-8-16-15(21)14-10-17-20(18-14)12-5-3-2-4-6-12/h2-6,9-10H,7-8H2,1H3,(H,16,21). The molecule has 3 rings (SSSR count). The van der Waals surface area contributed by atoms with Crippen LogP contribution in [0.4, 0.5) is 0 Å². The molecule has 7 nitrogen and oxygen atoms in total. The van der Waals surface area contributed by atoms with Crippen LogP contribution < -0.4 is 5.32 Å². The Morgan fingerprint density at radius 2 is 2.14 bits per heavy atom. The van der Waals surface area contributed by atoms with E-state index in [4.69, 9.17) is 4.52 Å². The lowest BCUT2D eigenvalue weighted by Crippen LogP contribution is -2.26. The molecule has 0 aliphatic carbocycles. The number of nitrogens with zero attached hydrogens (tertiary/aromatic N) is 4. The minimum absolute atomic E-state index is 0.265. The van der Waals surface area contributed by atoms with Crippen molar-refractivity contribution in [3.05, 3.63) is 59.7 Å². The Labute approximate surface area is 126 Å². The van der Waals surface area contributed by atoms with Crippen LogP contribution in [0, 0.1) is 6.92 Å². The largest absolute Gasteiger partial charge is 0.361 e. The van der Waals surface area contributed by atoms with Crippen molar-refractivity contribution in [1.82, 2.24) is 25.5 Å². The van der Waals surface area contributed by atoms with E-state index in [1.807, 2.05) is 43.3 Å². The second kappa shape index (κ2) is 6.21. The molecule has 112 valence electrons. The minimum atomic E-state index is -0.265. The molecule has 3 aromatic rings. The van der Waals surface area contributed by atoms with Crippen molar-refractivity contribution in [3.63, 3.8) is 0 Å². The molecule has 0 bridgehead atoms. The van der Waals surface area contributed by atoms with Crippen molar-refractivity contribution in [2.24, 2.45) is 0 Å². The predicted molar refractivity (Wildman–Crippen MR) is 78.6 cm³/mol. The summed E-state index contributed by atoms with van der Waals surface area (Å²) in [5.74, 6) is 0.476. The quantitative estimate of drug-likeness (QED) is 0.772. The average Bonchev–Trinajstić information content (AvgIpc) is 3.17. The molecule has 0 aliphatic heterocycles. The van der Waals surface area contributed by atoms with Gasteiger partial charge in [-0.05, 0) is 19.1 Å². The summed E-state index contributed by atoms with van der Waals surface area (Å²) in [4.78, 5) is 13.4. The van der Waals surface area contributed by atoms with E-state index in [-0.39, 0.29) is 11.6 Å². The fourth-order valence-electron chi connectivity index (χ4n) is 1.98. The normalized spacial score (nSPS) is 10.6. The van der Waals surface area contributed by atoms with Crippen LogP contribution in [-0.2, 0) is 6.42 Å². The van der Waals surface area contributed by atoms with E-state index in [0.29, 0.717) is 13.0 Å². The summed E-state index contributed by atoms with van der Waals surface area (Å²) in [5, 5.41) is 14.8. The number of benzene rings is 1. The lowest BCUT2D eigenvalue weighted by Gasteiger charge is -2.00. The number of carbonyl (C=O) groups is 1. The van der Waals surface area contributed by atoms with E-state index >= 15 is 0 Å². The monoisotopic (exact) mass is 297 g/mol. The van der Waals surface area contributed by atoms with Crippen molar-refractivity contribution in [2.45, 2.75) is 13.3 Å². The molecule has 1 N–H and O–H groups in total. The molecule has 2 heterocycles. The minimum Gasteiger partial charge on any atom is -0.361 e. The number of rotatable bonds is 5. The summed E-state index contributed by atoms with van der Waals surface area (Å²) in [6.45, 7) is 2.30. The molecule has 0 unspecified atom stereocenters. The number of para-hydroxylation sites is 1. The van der Waals surface area contributed by atoms with Gasteiger partial charge in [0.25, 0.3) is 5.91 Å². The zero-order chi connectivity index (χ0) is 15.4. The zero-order valence-electron chi connectivity index (χ0n) is 12.1. The number of aryl methyl sites for hydroxylation is 1. The van der Waals surface area contributed by atoms with Crippen molar-refractivity contribution in [2.75, 3.05) is 6.54 Å². The van der Waals surface area contributed by atoms with Gasteiger partial charge in [0.15, 0.2) is 5.69 Å². The van der Waals surface area contributed by atoms with Crippen LogP contribution in [0.5, 0.6) is 0 Å². The fraction of sp³-hybridized carbons (Fsp3) is 0.200. The summed E-state index contributed by atoms with van der Waals surface area (Å²) < 4.78 is 5.08. The Morgan fingerprint density at radius 1 is 1.32 bits per heavy atom. The molecule has 0 spiro atoms. The van der Waals surface area contributed by atoms with Gasteiger partial charge in [0.2, 0.25) is 0 Å². The Hall–Kier alpha value is -2.96. The van der Waals surface area contributed by atoms with Crippen LogP contribution in [0.3, 0.4) is 0 Å². The van der Waals surface area contributed by atoms with Gasteiger partial charge in [-0.25, -0.2) is 0 Å². The van der Waals surface area contributed by atoms with E-state index in [0.717, 1.165) is 17.1 Å². The first kappa shape index (κ1) is 14.0. The third-order valence-corrected chi connectivity index (χ3v) is 3.05. The molecular weight excluding hydrogens is 282 g/mol. The number of aromatic nitrogens is 4. The average molecular weight is 297 g/mol. The SMILES string of the molecule is Cc1cc(CCNC(=O)c2cnn(-c3ccccc3)n2)on1. The van der Waals surface area contributed by atoms with Crippen LogP contribution >= 0.6 is 0 Å². The lowest BCUT2D eigenvalue weighted by molar-refractivity contribution is 0.0948. The van der Waals surface area contributed by atoms with E-state index < -0.39 is 0 Å². The van der Waals surface area contributed by atoms with Gasteiger partial charge in [0.1, 0.15) is 5.76 Å². The maximum atomic E-state index is 12.0. The van der Waals surface area contributed by atoms with Crippen molar-refractivity contribution >= 4 is 5.91 Å². The van der Waals surface area contributed by atoms with Gasteiger partial charge in [-0.2, -0.15) is 9.90 Å². The number of nitrogens with one attached hydrogen (secondary N) is 1. The highest BCUT2D eigenvalue weighted by Crippen LogP contribution is 2.05. The molecule has 0 fully saturated rings. The van der Waals surface area contributed by atoms with Crippen molar-refractivity contribution in [1.29, 1.82) is 0 Å². The van der Waals surface area contributed by atoms with Gasteiger partial charge in [0.05, 0.1) is 17.6 Å². The molecule has 2 aromatic heterocycles. The maximum absolute atomic E-state index is 12.0. The van der Waals surface area contributed by atoms with Crippen LogP contribution in [-0.4, -0.2) is 32.6 Å². The third kappa shape index (κ3) is 3.20.